The molecule has 0 atom stereocenters. The fourth-order valence-corrected chi connectivity index (χ4v) is 2.72. The Hall–Kier alpha value is -1.78. The second-order valence-electron chi connectivity index (χ2n) is 6.44. The molecule has 0 radical (unpaired) electrons. The van der Waals surface area contributed by atoms with Gasteiger partial charge in [-0.1, -0.05) is 70.2 Å². The first kappa shape index (κ1) is 17.6. The lowest BCUT2D eigenvalue weighted by Crippen LogP contribution is -2.33. The van der Waals surface area contributed by atoms with Crippen molar-refractivity contribution in [1.82, 2.24) is 0 Å². The molecular formula is C19H25BO3. The quantitative estimate of drug-likeness (QED) is 0.805. The van der Waals surface area contributed by atoms with Crippen molar-refractivity contribution in [2.24, 2.45) is 0 Å². The lowest BCUT2D eigenvalue weighted by atomic mass is 9.77. The van der Waals surface area contributed by atoms with Crippen LogP contribution in [0.25, 0.3) is 0 Å². The summed E-state index contributed by atoms with van der Waals surface area (Å²) in [5.41, 5.74) is 3.63. The minimum absolute atomic E-state index is 0.317. The third-order valence-corrected chi connectivity index (χ3v) is 4.03. The van der Waals surface area contributed by atoms with Gasteiger partial charge in [-0.2, -0.15) is 0 Å². The lowest BCUT2D eigenvalue weighted by Gasteiger charge is -2.20. The molecule has 0 aromatic heterocycles. The van der Waals surface area contributed by atoms with Crippen molar-refractivity contribution in [2.75, 3.05) is 0 Å². The molecule has 0 saturated heterocycles. The molecule has 0 saturated carbocycles. The van der Waals surface area contributed by atoms with E-state index in [1.807, 2.05) is 12.1 Å². The Morgan fingerprint density at radius 3 is 1.96 bits per heavy atom. The molecule has 0 aliphatic heterocycles. The number of ether oxygens (including phenoxy) is 1. The van der Waals surface area contributed by atoms with Crippen LogP contribution in [0.15, 0.2) is 42.5 Å². The first-order valence-electron chi connectivity index (χ1n) is 8.11. The maximum atomic E-state index is 9.49. The molecule has 2 N–H and O–H groups in total. The number of hydrogen-bond donors (Lipinski definition) is 2. The maximum absolute atomic E-state index is 9.49. The summed E-state index contributed by atoms with van der Waals surface area (Å²) in [6.45, 7) is 8.92. The van der Waals surface area contributed by atoms with Crippen LogP contribution in [0.2, 0.25) is 0 Å². The molecule has 0 bridgehead atoms. The van der Waals surface area contributed by atoms with Crippen LogP contribution >= 0.6 is 0 Å². The third-order valence-electron chi connectivity index (χ3n) is 4.03. The van der Waals surface area contributed by atoms with Crippen molar-refractivity contribution in [3.8, 4) is 5.75 Å². The fourth-order valence-electron chi connectivity index (χ4n) is 2.72. The molecule has 0 spiro atoms. The third kappa shape index (κ3) is 4.15. The summed E-state index contributed by atoms with van der Waals surface area (Å²) in [6.07, 6.45) is 0. The molecule has 0 amide bonds. The highest BCUT2D eigenvalue weighted by molar-refractivity contribution is 6.59. The van der Waals surface area contributed by atoms with Gasteiger partial charge in [-0.15, -0.1) is 0 Å². The van der Waals surface area contributed by atoms with Gasteiger partial charge in [-0.3, -0.25) is 0 Å². The standard InChI is InChI=1S/C19H25BO3/c1-13(2)16-9-7-10-17(14(3)4)19(16)23-12-15-8-5-6-11-18(15)20(21)22/h5-11,13-14,21-22H,12H2,1-4H3. The Kier molecular flexibility index (Phi) is 5.86. The Bertz CT molecular complexity index is 625. The van der Waals surface area contributed by atoms with Gasteiger partial charge in [-0.05, 0) is 34.0 Å². The Morgan fingerprint density at radius 2 is 1.43 bits per heavy atom. The number of benzene rings is 2. The zero-order valence-electron chi connectivity index (χ0n) is 14.3. The average Bonchev–Trinajstić information content (AvgIpc) is 2.52. The van der Waals surface area contributed by atoms with Gasteiger partial charge >= 0.3 is 7.12 Å². The van der Waals surface area contributed by atoms with E-state index in [0.717, 1.165) is 11.3 Å². The largest absolute Gasteiger partial charge is 0.488 e. The monoisotopic (exact) mass is 312 g/mol. The van der Waals surface area contributed by atoms with E-state index in [0.29, 0.717) is 23.9 Å². The normalized spacial score (nSPS) is 11.1. The van der Waals surface area contributed by atoms with E-state index >= 15 is 0 Å². The van der Waals surface area contributed by atoms with Crippen LogP contribution in [0.4, 0.5) is 0 Å². The molecule has 0 aliphatic carbocycles. The highest BCUT2D eigenvalue weighted by Crippen LogP contribution is 2.34. The zero-order chi connectivity index (χ0) is 17.0. The van der Waals surface area contributed by atoms with Gasteiger partial charge < -0.3 is 14.8 Å². The SMILES string of the molecule is CC(C)c1cccc(C(C)C)c1OCc1ccccc1B(O)O. The Morgan fingerprint density at radius 1 is 0.870 bits per heavy atom. The van der Waals surface area contributed by atoms with Crippen LogP contribution in [-0.2, 0) is 6.61 Å². The smallest absolute Gasteiger partial charge is 0.488 e. The predicted molar refractivity (Wildman–Crippen MR) is 95.2 cm³/mol. The van der Waals surface area contributed by atoms with E-state index in [4.69, 9.17) is 4.74 Å². The molecule has 0 fully saturated rings. The summed E-state index contributed by atoms with van der Waals surface area (Å²) in [4.78, 5) is 0. The minimum Gasteiger partial charge on any atom is -0.488 e. The van der Waals surface area contributed by atoms with Crippen LogP contribution in [0.3, 0.4) is 0 Å². The fraction of sp³-hybridized carbons (Fsp3) is 0.368. The van der Waals surface area contributed by atoms with Gasteiger partial charge in [0.2, 0.25) is 0 Å². The van der Waals surface area contributed by atoms with E-state index in [2.05, 4.69) is 45.9 Å². The lowest BCUT2D eigenvalue weighted by molar-refractivity contribution is 0.297. The number of hydrogen-bond acceptors (Lipinski definition) is 3. The summed E-state index contributed by atoms with van der Waals surface area (Å²) in [5, 5.41) is 19.0. The molecule has 2 aromatic carbocycles. The van der Waals surface area contributed by atoms with Crippen molar-refractivity contribution in [2.45, 2.75) is 46.1 Å². The summed E-state index contributed by atoms with van der Waals surface area (Å²) in [6, 6.07) is 13.5. The maximum Gasteiger partial charge on any atom is 0.488 e. The van der Waals surface area contributed by atoms with Gasteiger partial charge in [0, 0.05) is 0 Å². The topological polar surface area (TPSA) is 49.7 Å². The molecule has 3 nitrogen and oxygen atoms in total. The van der Waals surface area contributed by atoms with Crippen molar-refractivity contribution in [3.63, 3.8) is 0 Å². The van der Waals surface area contributed by atoms with Crippen LogP contribution in [-0.4, -0.2) is 17.2 Å². The van der Waals surface area contributed by atoms with Crippen LogP contribution in [0, 0.1) is 0 Å². The molecule has 2 aromatic rings. The number of para-hydroxylation sites is 1. The molecule has 23 heavy (non-hydrogen) atoms. The van der Waals surface area contributed by atoms with Crippen LogP contribution in [0.5, 0.6) is 5.75 Å². The molecule has 0 aliphatic rings. The van der Waals surface area contributed by atoms with Crippen LogP contribution < -0.4 is 10.2 Å². The van der Waals surface area contributed by atoms with Crippen molar-refractivity contribution in [3.05, 3.63) is 59.2 Å². The second kappa shape index (κ2) is 7.67. The first-order valence-corrected chi connectivity index (χ1v) is 8.11. The number of rotatable bonds is 6. The Labute approximate surface area is 139 Å². The van der Waals surface area contributed by atoms with Crippen molar-refractivity contribution < 1.29 is 14.8 Å². The van der Waals surface area contributed by atoms with E-state index in [1.165, 1.54) is 11.1 Å². The average molecular weight is 312 g/mol. The van der Waals surface area contributed by atoms with Gasteiger partial charge in [0.1, 0.15) is 12.4 Å². The minimum atomic E-state index is -1.49. The summed E-state index contributed by atoms with van der Waals surface area (Å²) in [7, 11) is -1.49. The van der Waals surface area contributed by atoms with Crippen molar-refractivity contribution in [1.29, 1.82) is 0 Å². The zero-order valence-corrected chi connectivity index (χ0v) is 14.3. The van der Waals surface area contributed by atoms with Gasteiger partial charge in [0.15, 0.2) is 0 Å². The molecule has 122 valence electrons. The van der Waals surface area contributed by atoms with Gasteiger partial charge in [0.05, 0.1) is 0 Å². The predicted octanol–water partition coefficient (Wildman–Crippen LogP) is 3.19. The van der Waals surface area contributed by atoms with E-state index in [9.17, 15) is 10.0 Å². The van der Waals surface area contributed by atoms with Crippen LogP contribution in [0.1, 0.15) is 56.2 Å². The highest BCUT2D eigenvalue weighted by Gasteiger charge is 2.18. The van der Waals surface area contributed by atoms with Gasteiger partial charge in [0.25, 0.3) is 0 Å². The van der Waals surface area contributed by atoms with E-state index in [-0.39, 0.29) is 0 Å². The highest BCUT2D eigenvalue weighted by atomic mass is 16.5. The van der Waals surface area contributed by atoms with Gasteiger partial charge in [-0.25, -0.2) is 0 Å². The summed E-state index contributed by atoms with van der Waals surface area (Å²) >= 11 is 0. The Balaban J connectivity index is 2.34. The molecule has 0 heterocycles. The van der Waals surface area contributed by atoms with Crippen molar-refractivity contribution >= 4 is 12.6 Å². The summed E-state index contributed by atoms with van der Waals surface area (Å²) < 4.78 is 6.15. The second-order valence-corrected chi connectivity index (χ2v) is 6.44. The molecule has 0 unspecified atom stereocenters. The van der Waals surface area contributed by atoms with E-state index in [1.54, 1.807) is 12.1 Å². The molecular weight excluding hydrogens is 287 g/mol. The first-order chi connectivity index (χ1) is 10.9. The van der Waals surface area contributed by atoms with E-state index < -0.39 is 7.12 Å². The summed E-state index contributed by atoms with van der Waals surface area (Å²) in [5.74, 6) is 1.64. The molecule has 2 rings (SSSR count). The molecule has 4 heteroatoms.